The molecule has 0 aliphatic rings. The lowest BCUT2D eigenvalue weighted by molar-refractivity contribution is 0.860. The third kappa shape index (κ3) is 4.25. The third-order valence-electron chi connectivity index (χ3n) is 5.49. The average Bonchev–Trinajstić information content (AvgIpc) is 3.19. The lowest BCUT2D eigenvalue weighted by Gasteiger charge is -2.10. The molecule has 0 radical (unpaired) electrons. The number of anilines is 1. The predicted octanol–water partition coefficient (Wildman–Crippen LogP) is 6.77. The van der Waals surface area contributed by atoms with E-state index in [1.165, 1.54) is 21.6 Å². The first kappa shape index (κ1) is 20.3. The van der Waals surface area contributed by atoms with E-state index in [4.69, 9.17) is 9.97 Å². The zero-order valence-electron chi connectivity index (χ0n) is 18.0. The molecule has 0 amide bonds. The van der Waals surface area contributed by atoms with Crippen LogP contribution < -0.4 is 5.32 Å². The normalized spacial score (nSPS) is 11.0. The maximum Gasteiger partial charge on any atom is 0.162 e. The lowest BCUT2D eigenvalue weighted by atomic mass is 10.1. The van der Waals surface area contributed by atoms with Gasteiger partial charge in [0.2, 0.25) is 0 Å². The molecule has 158 valence electrons. The quantitative estimate of drug-likeness (QED) is 0.286. The van der Waals surface area contributed by atoms with Crippen LogP contribution in [0.4, 0.5) is 5.82 Å². The van der Waals surface area contributed by atoms with Crippen molar-refractivity contribution in [3.8, 4) is 22.5 Å². The van der Waals surface area contributed by atoms with Gasteiger partial charge in [-0.1, -0.05) is 60.7 Å². The molecule has 0 spiro atoms. The number of pyridine rings is 1. The molecule has 0 fully saturated rings. The molecule has 5 rings (SSSR count). The number of hydrogen-bond acceptors (Lipinski definition) is 5. The van der Waals surface area contributed by atoms with E-state index in [-0.39, 0.29) is 0 Å². The van der Waals surface area contributed by atoms with Crippen molar-refractivity contribution >= 4 is 27.4 Å². The van der Waals surface area contributed by atoms with Crippen LogP contribution in [0, 0.1) is 6.92 Å². The van der Waals surface area contributed by atoms with Crippen LogP contribution in [0.3, 0.4) is 0 Å². The fourth-order valence-corrected chi connectivity index (χ4v) is 5.01. The standard InChI is InChI=1S/C27H24N4S/c1-19-23(21-12-6-3-7-13-21)24-25(32-19)27(29-16-8-11-20-9-4-2-5-10-20)31-26(30-24)22-14-17-28-18-15-22/h2-7,9-10,12-15,17-18H,8,11,16H2,1H3,(H,29,30,31). The van der Waals surface area contributed by atoms with Gasteiger partial charge in [-0.3, -0.25) is 4.98 Å². The zero-order chi connectivity index (χ0) is 21.8. The molecule has 3 aromatic heterocycles. The van der Waals surface area contributed by atoms with Crippen LogP contribution in [0.2, 0.25) is 0 Å². The van der Waals surface area contributed by atoms with Crippen LogP contribution in [0.15, 0.2) is 85.2 Å². The SMILES string of the molecule is Cc1sc2c(NCCCc3ccccc3)nc(-c3ccncc3)nc2c1-c1ccccc1. The Morgan fingerprint density at radius 2 is 1.53 bits per heavy atom. The summed E-state index contributed by atoms with van der Waals surface area (Å²) in [6.07, 6.45) is 5.65. The predicted molar refractivity (Wildman–Crippen MR) is 134 cm³/mol. The van der Waals surface area contributed by atoms with Crippen LogP contribution in [0.1, 0.15) is 16.9 Å². The monoisotopic (exact) mass is 436 g/mol. The number of fused-ring (bicyclic) bond motifs is 1. The van der Waals surface area contributed by atoms with E-state index in [2.05, 4.69) is 71.8 Å². The van der Waals surface area contributed by atoms with Crippen LogP contribution in [0.25, 0.3) is 32.7 Å². The van der Waals surface area contributed by atoms with Crippen molar-refractivity contribution in [2.45, 2.75) is 19.8 Å². The number of hydrogen-bond donors (Lipinski definition) is 1. The molecule has 5 aromatic rings. The summed E-state index contributed by atoms with van der Waals surface area (Å²) in [7, 11) is 0. The molecule has 0 aliphatic heterocycles. The van der Waals surface area contributed by atoms with Gasteiger partial charge in [0.1, 0.15) is 5.82 Å². The lowest BCUT2D eigenvalue weighted by Crippen LogP contribution is -2.06. The second-order valence-electron chi connectivity index (χ2n) is 7.72. The average molecular weight is 437 g/mol. The van der Waals surface area contributed by atoms with Gasteiger partial charge in [-0.2, -0.15) is 0 Å². The zero-order valence-corrected chi connectivity index (χ0v) is 18.8. The van der Waals surface area contributed by atoms with E-state index >= 15 is 0 Å². The molecule has 2 aromatic carbocycles. The summed E-state index contributed by atoms with van der Waals surface area (Å²) < 4.78 is 1.11. The molecule has 1 N–H and O–H groups in total. The van der Waals surface area contributed by atoms with Crippen molar-refractivity contribution < 1.29 is 0 Å². The topological polar surface area (TPSA) is 50.7 Å². The highest BCUT2D eigenvalue weighted by atomic mass is 32.1. The minimum atomic E-state index is 0.723. The van der Waals surface area contributed by atoms with E-state index in [0.717, 1.165) is 46.8 Å². The van der Waals surface area contributed by atoms with Crippen molar-refractivity contribution in [1.82, 2.24) is 15.0 Å². The van der Waals surface area contributed by atoms with Gasteiger partial charge in [0.25, 0.3) is 0 Å². The number of aromatic nitrogens is 3. The van der Waals surface area contributed by atoms with E-state index in [0.29, 0.717) is 0 Å². The van der Waals surface area contributed by atoms with Crippen LogP contribution in [0.5, 0.6) is 0 Å². The van der Waals surface area contributed by atoms with Gasteiger partial charge in [0.15, 0.2) is 5.82 Å². The van der Waals surface area contributed by atoms with Crippen molar-refractivity contribution in [3.63, 3.8) is 0 Å². The summed E-state index contributed by atoms with van der Waals surface area (Å²) in [6, 6.07) is 25.0. The van der Waals surface area contributed by atoms with E-state index in [9.17, 15) is 0 Å². The molecular formula is C27H24N4S. The summed E-state index contributed by atoms with van der Waals surface area (Å²) in [6.45, 7) is 3.02. The Bertz CT molecular complexity index is 1320. The number of nitrogens with one attached hydrogen (secondary N) is 1. The maximum atomic E-state index is 5.01. The van der Waals surface area contributed by atoms with Crippen molar-refractivity contribution in [2.24, 2.45) is 0 Å². The van der Waals surface area contributed by atoms with E-state index < -0.39 is 0 Å². The highest BCUT2D eigenvalue weighted by Crippen LogP contribution is 2.40. The number of nitrogens with zero attached hydrogens (tertiary/aromatic N) is 3. The Balaban J connectivity index is 1.52. The fraction of sp³-hybridized carbons (Fsp3) is 0.148. The molecule has 0 atom stereocenters. The van der Waals surface area contributed by atoms with Crippen LogP contribution >= 0.6 is 11.3 Å². The summed E-state index contributed by atoms with van der Waals surface area (Å²) in [4.78, 5) is 15.3. The molecule has 4 nitrogen and oxygen atoms in total. The van der Waals surface area contributed by atoms with Crippen molar-refractivity contribution in [1.29, 1.82) is 0 Å². The van der Waals surface area contributed by atoms with Crippen LogP contribution in [-0.2, 0) is 6.42 Å². The van der Waals surface area contributed by atoms with Crippen LogP contribution in [-0.4, -0.2) is 21.5 Å². The molecule has 0 saturated carbocycles. The second kappa shape index (κ2) is 9.28. The Hall–Kier alpha value is -3.57. The number of thiophene rings is 1. The molecule has 0 aliphatic carbocycles. The highest BCUT2D eigenvalue weighted by molar-refractivity contribution is 7.20. The van der Waals surface area contributed by atoms with Gasteiger partial charge in [-0.05, 0) is 43.0 Å². The van der Waals surface area contributed by atoms with Gasteiger partial charge in [0, 0.05) is 34.9 Å². The van der Waals surface area contributed by atoms with E-state index in [1.807, 2.05) is 18.2 Å². The largest absolute Gasteiger partial charge is 0.369 e. The Morgan fingerprint density at radius 3 is 2.28 bits per heavy atom. The molecule has 32 heavy (non-hydrogen) atoms. The third-order valence-corrected chi connectivity index (χ3v) is 6.59. The Labute approximate surface area is 192 Å². The number of aryl methyl sites for hydroxylation is 2. The number of benzene rings is 2. The smallest absolute Gasteiger partial charge is 0.162 e. The molecule has 3 heterocycles. The van der Waals surface area contributed by atoms with Gasteiger partial charge in [0.05, 0.1) is 10.2 Å². The van der Waals surface area contributed by atoms with Gasteiger partial charge >= 0.3 is 0 Å². The minimum Gasteiger partial charge on any atom is -0.369 e. The van der Waals surface area contributed by atoms with Crippen molar-refractivity contribution in [3.05, 3.63) is 95.6 Å². The maximum absolute atomic E-state index is 5.01. The van der Waals surface area contributed by atoms with Gasteiger partial charge < -0.3 is 5.32 Å². The summed E-state index contributed by atoms with van der Waals surface area (Å²) in [5, 5.41) is 3.60. The molecule has 5 heteroatoms. The number of rotatable bonds is 7. The highest BCUT2D eigenvalue weighted by Gasteiger charge is 2.18. The first-order chi connectivity index (χ1) is 15.8. The first-order valence-electron chi connectivity index (χ1n) is 10.8. The molecule has 0 unspecified atom stereocenters. The molecule has 0 bridgehead atoms. The van der Waals surface area contributed by atoms with Crippen molar-refractivity contribution in [2.75, 3.05) is 11.9 Å². The molecule has 0 saturated heterocycles. The first-order valence-corrected chi connectivity index (χ1v) is 11.7. The Morgan fingerprint density at radius 1 is 0.812 bits per heavy atom. The minimum absolute atomic E-state index is 0.723. The van der Waals surface area contributed by atoms with Gasteiger partial charge in [-0.15, -0.1) is 11.3 Å². The summed E-state index contributed by atoms with van der Waals surface area (Å²) >= 11 is 1.76. The summed E-state index contributed by atoms with van der Waals surface area (Å²) in [5.74, 6) is 1.63. The van der Waals surface area contributed by atoms with Gasteiger partial charge in [-0.25, -0.2) is 9.97 Å². The van der Waals surface area contributed by atoms with E-state index in [1.54, 1.807) is 23.7 Å². The Kier molecular flexibility index (Phi) is 5.90. The second-order valence-corrected chi connectivity index (χ2v) is 8.95. The molecular weight excluding hydrogens is 412 g/mol. The summed E-state index contributed by atoms with van der Waals surface area (Å²) in [5.41, 5.74) is 5.71. The fourth-order valence-electron chi connectivity index (χ4n) is 3.93.